The molecule has 2 aliphatic rings. The van der Waals surface area contributed by atoms with Gasteiger partial charge < -0.3 is 10.4 Å². The van der Waals surface area contributed by atoms with Gasteiger partial charge in [-0.3, -0.25) is 4.79 Å². The van der Waals surface area contributed by atoms with Crippen molar-refractivity contribution >= 4 is 5.91 Å². The van der Waals surface area contributed by atoms with E-state index in [4.69, 9.17) is 5.11 Å². The highest BCUT2D eigenvalue weighted by atomic mass is 16.3. The molecule has 0 radical (unpaired) electrons. The van der Waals surface area contributed by atoms with Gasteiger partial charge >= 0.3 is 0 Å². The molecule has 2 aliphatic carbocycles. The Morgan fingerprint density at radius 3 is 2.39 bits per heavy atom. The quantitative estimate of drug-likeness (QED) is 0.764. The Balaban J connectivity index is 1.78. The first-order chi connectivity index (χ1) is 8.79. The van der Waals surface area contributed by atoms with Crippen LogP contribution in [0.5, 0.6) is 0 Å². The van der Waals surface area contributed by atoms with Crippen LogP contribution in [-0.4, -0.2) is 23.7 Å². The first-order valence-corrected chi connectivity index (χ1v) is 7.70. The Bertz CT molecular complexity index is 257. The molecular formula is C15H27NO2. The Hall–Kier alpha value is -0.570. The summed E-state index contributed by atoms with van der Waals surface area (Å²) in [6.07, 6.45) is 11.5. The van der Waals surface area contributed by atoms with E-state index in [1.165, 1.54) is 51.4 Å². The molecule has 1 atom stereocenters. The highest BCUT2D eigenvalue weighted by molar-refractivity contribution is 5.76. The van der Waals surface area contributed by atoms with Crippen molar-refractivity contribution in [3.05, 3.63) is 0 Å². The van der Waals surface area contributed by atoms with Crippen molar-refractivity contribution in [1.82, 2.24) is 5.32 Å². The Morgan fingerprint density at radius 1 is 1.11 bits per heavy atom. The number of hydrogen-bond acceptors (Lipinski definition) is 2. The van der Waals surface area contributed by atoms with Crippen molar-refractivity contribution in [3.63, 3.8) is 0 Å². The number of carbonyl (C=O) groups excluding carboxylic acids is 1. The molecule has 18 heavy (non-hydrogen) atoms. The van der Waals surface area contributed by atoms with E-state index in [9.17, 15) is 4.79 Å². The highest BCUT2D eigenvalue weighted by Gasteiger charge is 2.26. The second-order valence-electron chi connectivity index (χ2n) is 6.09. The predicted molar refractivity (Wildman–Crippen MR) is 72.2 cm³/mol. The molecule has 0 heterocycles. The molecule has 104 valence electrons. The normalized spacial score (nSPS) is 23.4. The maximum Gasteiger partial charge on any atom is 0.220 e. The summed E-state index contributed by atoms with van der Waals surface area (Å²) in [5, 5.41) is 12.4. The smallest absolute Gasteiger partial charge is 0.220 e. The molecule has 0 aromatic carbocycles. The van der Waals surface area contributed by atoms with Crippen LogP contribution in [0.15, 0.2) is 0 Å². The average molecular weight is 253 g/mol. The zero-order valence-corrected chi connectivity index (χ0v) is 11.4. The molecule has 2 saturated carbocycles. The lowest BCUT2D eigenvalue weighted by Crippen LogP contribution is -2.42. The Labute approximate surface area is 110 Å². The maximum atomic E-state index is 12.0. The van der Waals surface area contributed by atoms with Crippen molar-refractivity contribution in [1.29, 1.82) is 0 Å². The van der Waals surface area contributed by atoms with E-state index in [0.29, 0.717) is 18.3 Å². The van der Waals surface area contributed by atoms with Crippen LogP contribution in [0.4, 0.5) is 0 Å². The van der Waals surface area contributed by atoms with Crippen molar-refractivity contribution in [2.75, 3.05) is 6.61 Å². The van der Waals surface area contributed by atoms with Crippen LogP contribution >= 0.6 is 0 Å². The molecule has 0 spiro atoms. The zero-order chi connectivity index (χ0) is 12.8. The molecule has 1 unspecified atom stereocenters. The van der Waals surface area contributed by atoms with Gasteiger partial charge in [0.05, 0.1) is 0 Å². The lowest BCUT2D eigenvalue weighted by Gasteiger charge is -2.32. The van der Waals surface area contributed by atoms with Gasteiger partial charge in [-0.1, -0.05) is 25.7 Å². The van der Waals surface area contributed by atoms with E-state index in [2.05, 4.69) is 5.32 Å². The summed E-state index contributed by atoms with van der Waals surface area (Å²) in [5.74, 6) is 1.44. The summed E-state index contributed by atoms with van der Waals surface area (Å²) in [6.45, 7) is 0.185. The van der Waals surface area contributed by atoms with Crippen LogP contribution in [0.2, 0.25) is 0 Å². The van der Waals surface area contributed by atoms with Crippen molar-refractivity contribution < 1.29 is 9.90 Å². The first-order valence-electron chi connectivity index (χ1n) is 7.70. The zero-order valence-electron chi connectivity index (χ0n) is 11.4. The molecule has 0 saturated heterocycles. The molecule has 0 aromatic heterocycles. The van der Waals surface area contributed by atoms with Gasteiger partial charge in [-0.05, 0) is 43.9 Å². The van der Waals surface area contributed by atoms with Gasteiger partial charge in [-0.25, -0.2) is 0 Å². The van der Waals surface area contributed by atoms with Crippen molar-refractivity contribution in [2.45, 2.75) is 70.3 Å². The second kappa shape index (κ2) is 7.13. The summed E-state index contributed by atoms with van der Waals surface area (Å²) >= 11 is 0. The van der Waals surface area contributed by atoms with Gasteiger partial charge in [0, 0.05) is 19.1 Å². The highest BCUT2D eigenvalue weighted by Crippen LogP contribution is 2.30. The van der Waals surface area contributed by atoms with E-state index >= 15 is 0 Å². The Kier molecular flexibility index (Phi) is 5.48. The van der Waals surface area contributed by atoms with E-state index in [-0.39, 0.29) is 18.6 Å². The van der Waals surface area contributed by atoms with Gasteiger partial charge in [0.1, 0.15) is 0 Å². The first kappa shape index (κ1) is 13.9. The summed E-state index contributed by atoms with van der Waals surface area (Å²) < 4.78 is 0. The standard InChI is InChI=1S/C15H27NO2/c17-10-9-14(13-7-2-1-3-8-13)16-15(18)11-12-5-4-6-12/h12-14,17H,1-11H2,(H,16,18). The minimum absolute atomic E-state index is 0.185. The molecule has 2 N–H and O–H groups in total. The fraction of sp³-hybridized carbons (Fsp3) is 0.933. The summed E-state index contributed by atoms with van der Waals surface area (Å²) in [7, 11) is 0. The molecular weight excluding hydrogens is 226 g/mol. The number of hydrogen-bond donors (Lipinski definition) is 2. The number of carbonyl (C=O) groups is 1. The summed E-state index contributed by atoms with van der Waals surface area (Å²) in [4.78, 5) is 12.0. The monoisotopic (exact) mass is 253 g/mol. The number of aliphatic hydroxyl groups is 1. The third kappa shape index (κ3) is 3.98. The van der Waals surface area contributed by atoms with Crippen LogP contribution in [0.1, 0.15) is 64.2 Å². The molecule has 2 rings (SSSR count). The van der Waals surface area contributed by atoms with Gasteiger partial charge in [-0.2, -0.15) is 0 Å². The third-order valence-electron chi connectivity index (χ3n) is 4.70. The number of nitrogens with one attached hydrogen (secondary N) is 1. The lowest BCUT2D eigenvalue weighted by molar-refractivity contribution is -0.123. The molecule has 3 heteroatoms. The van der Waals surface area contributed by atoms with Crippen LogP contribution in [0.3, 0.4) is 0 Å². The summed E-state index contributed by atoms with van der Waals surface area (Å²) in [6, 6.07) is 0.211. The molecule has 0 aliphatic heterocycles. The van der Waals surface area contributed by atoms with Crippen LogP contribution in [-0.2, 0) is 4.79 Å². The van der Waals surface area contributed by atoms with E-state index < -0.39 is 0 Å². The minimum atomic E-state index is 0.185. The van der Waals surface area contributed by atoms with E-state index in [1.54, 1.807) is 0 Å². The fourth-order valence-corrected chi connectivity index (χ4v) is 3.33. The van der Waals surface area contributed by atoms with Gasteiger partial charge in [0.25, 0.3) is 0 Å². The number of aliphatic hydroxyl groups excluding tert-OH is 1. The third-order valence-corrected chi connectivity index (χ3v) is 4.70. The van der Waals surface area contributed by atoms with E-state index in [1.807, 2.05) is 0 Å². The van der Waals surface area contributed by atoms with Crippen molar-refractivity contribution in [2.24, 2.45) is 11.8 Å². The fourth-order valence-electron chi connectivity index (χ4n) is 3.33. The van der Waals surface area contributed by atoms with Crippen LogP contribution < -0.4 is 5.32 Å². The number of rotatable bonds is 6. The summed E-state index contributed by atoms with van der Waals surface area (Å²) in [5.41, 5.74) is 0. The van der Waals surface area contributed by atoms with Gasteiger partial charge in [0.15, 0.2) is 0 Å². The van der Waals surface area contributed by atoms with Gasteiger partial charge in [0.2, 0.25) is 5.91 Å². The predicted octanol–water partition coefficient (Wildman–Crippen LogP) is 2.62. The second-order valence-corrected chi connectivity index (χ2v) is 6.09. The molecule has 3 nitrogen and oxygen atoms in total. The molecule has 0 bridgehead atoms. The topological polar surface area (TPSA) is 49.3 Å². The average Bonchev–Trinajstić information content (AvgIpc) is 2.34. The van der Waals surface area contributed by atoms with Crippen molar-refractivity contribution in [3.8, 4) is 0 Å². The van der Waals surface area contributed by atoms with E-state index in [0.717, 1.165) is 6.42 Å². The SMILES string of the molecule is O=C(CC1CCC1)NC(CCO)C1CCCCC1. The maximum absolute atomic E-state index is 12.0. The number of amides is 1. The van der Waals surface area contributed by atoms with Gasteiger partial charge in [-0.15, -0.1) is 0 Å². The molecule has 2 fully saturated rings. The largest absolute Gasteiger partial charge is 0.396 e. The Morgan fingerprint density at radius 2 is 1.83 bits per heavy atom. The lowest BCUT2D eigenvalue weighted by atomic mass is 9.81. The van der Waals surface area contributed by atoms with Crippen LogP contribution in [0.25, 0.3) is 0 Å². The minimum Gasteiger partial charge on any atom is -0.396 e. The van der Waals surface area contributed by atoms with Crippen LogP contribution in [0, 0.1) is 11.8 Å². The molecule has 1 amide bonds. The molecule has 0 aromatic rings.